The van der Waals surface area contributed by atoms with Crippen molar-refractivity contribution in [1.82, 2.24) is 24.7 Å². The molecule has 7 heteroatoms. The van der Waals surface area contributed by atoms with E-state index in [2.05, 4.69) is 25.4 Å². The molecule has 4 rings (SSSR count). The summed E-state index contributed by atoms with van der Waals surface area (Å²) in [6, 6.07) is 11.7. The first-order valence-corrected chi connectivity index (χ1v) is 7.70. The molecule has 1 amide bonds. The van der Waals surface area contributed by atoms with Gasteiger partial charge in [0.05, 0.1) is 29.5 Å². The molecular weight excluding hydrogens is 316 g/mol. The van der Waals surface area contributed by atoms with E-state index >= 15 is 0 Å². The molecule has 0 fully saturated rings. The summed E-state index contributed by atoms with van der Waals surface area (Å²) in [7, 11) is 0. The van der Waals surface area contributed by atoms with Gasteiger partial charge in [-0.3, -0.25) is 9.78 Å². The van der Waals surface area contributed by atoms with E-state index in [1.807, 2.05) is 43.3 Å². The number of aromatic nitrogens is 5. The largest absolute Gasteiger partial charge is 0.319 e. The van der Waals surface area contributed by atoms with E-state index in [1.165, 1.54) is 18.6 Å². The second-order valence-electron chi connectivity index (χ2n) is 5.47. The molecule has 0 spiro atoms. The smallest absolute Gasteiger partial charge is 0.275 e. The molecule has 0 unspecified atom stereocenters. The zero-order valence-corrected chi connectivity index (χ0v) is 13.4. The quantitative estimate of drug-likeness (QED) is 0.624. The van der Waals surface area contributed by atoms with E-state index in [0.717, 1.165) is 22.4 Å². The van der Waals surface area contributed by atoms with Gasteiger partial charge >= 0.3 is 0 Å². The van der Waals surface area contributed by atoms with Crippen LogP contribution in [0.5, 0.6) is 0 Å². The lowest BCUT2D eigenvalue weighted by Gasteiger charge is -2.05. The zero-order valence-electron chi connectivity index (χ0n) is 13.4. The third-order valence-corrected chi connectivity index (χ3v) is 3.76. The van der Waals surface area contributed by atoms with Crippen molar-refractivity contribution in [2.24, 2.45) is 0 Å². The standard InChI is InChI=1S/C18H14N6O/c1-12-15-9-13(22-18(25)16-11-19-7-8-20-16)10-21-17(15)24(23-12)14-5-3-2-4-6-14/h2-11H,1H3,(H,22,25). The van der Waals surface area contributed by atoms with Gasteiger partial charge in [0.1, 0.15) is 5.69 Å². The van der Waals surface area contributed by atoms with E-state index in [9.17, 15) is 4.79 Å². The number of rotatable bonds is 3. The first-order chi connectivity index (χ1) is 12.2. The molecule has 25 heavy (non-hydrogen) atoms. The number of anilines is 1. The number of hydrogen-bond donors (Lipinski definition) is 1. The number of pyridine rings is 1. The van der Waals surface area contributed by atoms with Gasteiger partial charge in [-0.25, -0.2) is 14.6 Å². The summed E-state index contributed by atoms with van der Waals surface area (Å²) in [6.07, 6.45) is 6.02. The molecule has 3 heterocycles. The first-order valence-electron chi connectivity index (χ1n) is 7.70. The molecule has 0 aliphatic rings. The Morgan fingerprint density at radius 2 is 1.92 bits per heavy atom. The topological polar surface area (TPSA) is 85.6 Å². The van der Waals surface area contributed by atoms with Crippen molar-refractivity contribution in [3.63, 3.8) is 0 Å². The third-order valence-electron chi connectivity index (χ3n) is 3.76. The lowest BCUT2D eigenvalue weighted by molar-refractivity contribution is 0.102. The van der Waals surface area contributed by atoms with Crippen molar-refractivity contribution in [1.29, 1.82) is 0 Å². The van der Waals surface area contributed by atoms with Crippen molar-refractivity contribution in [3.05, 3.63) is 72.6 Å². The summed E-state index contributed by atoms with van der Waals surface area (Å²) in [4.78, 5) is 24.6. The van der Waals surface area contributed by atoms with Crippen LogP contribution in [0.3, 0.4) is 0 Å². The first kappa shape index (κ1) is 14.9. The Morgan fingerprint density at radius 1 is 1.08 bits per heavy atom. The van der Waals surface area contributed by atoms with Crippen LogP contribution >= 0.6 is 0 Å². The number of amides is 1. The Kier molecular flexibility index (Phi) is 3.66. The lowest BCUT2D eigenvalue weighted by atomic mass is 10.2. The van der Waals surface area contributed by atoms with Gasteiger partial charge < -0.3 is 5.32 Å². The van der Waals surface area contributed by atoms with Gasteiger partial charge in [-0.1, -0.05) is 18.2 Å². The zero-order chi connectivity index (χ0) is 17.2. The molecule has 3 aromatic heterocycles. The Balaban J connectivity index is 1.70. The summed E-state index contributed by atoms with van der Waals surface area (Å²) in [6.45, 7) is 1.91. The fourth-order valence-corrected chi connectivity index (χ4v) is 2.57. The molecule has 4 aromatic rings. The second-order valence-corrected chi connectivity index (χ2v) is 5.47. The predicted molar refractivity (Wildman–Crippen MR) is 93.6 cm³/mol. The number of nitrogens with zero attached hydrogens (tertiary/aromatic N) is 5. The molecule has 1 aromatic carbocycles. The van der Waals surface area contributed by atoms with Gasteiger partial charge in [-0.05, 0) is 25.1 Å². The monoisotopic (exact) mass is 330 g/mol. The highest BCUT2D eigenvalue weighted by Gasteiger charge is 2.13. The minimum absolute atomic E-state index is 0.249. The van der Waals surface area contributed by atoms with Crippen molar-refractivity contribution >= 4 is 22.6 Å². The van der Waals surface area contributed by atoms with Gasteiger partial charge in [0, 0.05) is 17.8 Å². The van der Waals surface area contributed by atoms with E-state index in [0.29, 0.717) is 5.69 Å². The number of carbonyl (C=O) groups excluding carboxylic acids is 1. The average molecular weight is 330 g/mol. The van der Waals surface area contributed by atoms with Gasteiger partial charge in [0.15, 0.2) is 5.65 Å². The minimum atomic E-state index is -0.331. The van der Waals surface area contributed by atoms with E-state index in [1.54, 1.807) is 10.9 Å². The molecule has 0 aliphatic carbocycles. The molecule has 0 bridgehead atoms. The predicted octanol–water partition coefficient (Wildman–Crippen LogP) is 2.77. The highest BCUT2D eigenvalue weighted by atomic mass is 16.1. The number of fused-ring (bicyclic) bond motifs is 1. The molecule has 122 valence electrons. The number of aryl methyl sites for hydroxylation is 1. The maximum Gasteiger partial charge on any atom is 0.275 e. The number of benzene rings is 1. The maximum atomic E-state index is 12.2. The van der Waals surface area contributed by atoms with Gasteiger partial charge in [-0.2, -0.15) is 5.10 Å². The van der Waals surface area contributed by atoms with Gasteiger partial charge in [0.2, 0.25) is 0 Å². The van der Waals surface area contributed by atoms with Crippen molar-refractivity contribution < 1.29 is 4.79 Å². The van der Waals surface area contributed by atoms with Crippen LogP contribution in [-0.2, 0) is 0 Å². The Labute approximate surface area is 143 Å². The normalized spacial score (nSPS) is 10.8. The van der Waals surface area contributed by atoms with Crippen LogP contribution in [0.25, 0.3) is 16.7 Å². The van der Waals surface area contributed by atoms with Crippen LogP contribution in [0.15, 0.2) is 61.2 Å². The fourth-order valence-electron chi connectivity index (χ4n) is 2.57. The van der Waals surface area contributed by atoms with Crippen LogP contribution in [0.4, 0.5) is 5.69 Å². The van der Waals surface area contributed by atoms with Crippen molar-refractivity contribution in [3.8, 4) is 5.69 Å². The third kappa shape index (κ3) is 2.83. The second kappa shape index (κ2) is 6.12. The molecule has 0 saturated heterocycles. The average Bonchev–Trinajstić information content (AvgIpc) is 2.99. The molecule has 7 nitrogen and oxygen atoms in total. The minimum Gasteiger partial charge on any atom is -0.319 e. The fraction of sp³-hybridized carbons (Fsp3) is 0.0556. The van der Waals surface area contributed by atoms with Crippen molar-refractivity contribution in [2.75, 3.05) is 5.32 Å². The summed E-state index contributed by atoms with van der Waals surface area (Å²) >= 11 is 0. The lowest BCUT2D eigenvalue weighted by Crippen LogP contribution is -2.13. The summed E-state index contributed by atoms with van der Waals surface area (Å²) in [5, 5.41) is 8.22. The van der Waals surface area contributed by atoms with E-state index in [-0.39, 0.29) is 11.6 Å². The Bertz CT molecular complexity index is 1040. The van der Waals surface area contributed by atoms with Crippen LogP contribution in [0.2, 0.25) is 0 Å². The number of nitrogens with one attached hydrogen (secondary N) is 1. The highest BCUT2D eigenvalue weighted by molar-refractivity contribution is 6.03. The van der Waals surface area contributed by atoms with Crippen LogP contribution in [0.1, 0.15) is 16.2 Å². The number of carbonyl (C=O) groups is 1. The van der Waals surface area contributed by atoms with E-state index in [4.69, 9.17) is 0 Å². The van der Waals surface area contributed by atoms with Crippen molar-refractivity contribution in [2.45, 2.75) is 6.92 Å². The molecular formula is C18H14N6O. The summed E-state index contributed by atoms with van der Waals surface area (Å²) in [5.74, 6) is -0.331. The SMILES string of the molecule is Cc1nn(-c2ccccc2)c2ncc(NC(=O)c3cnccn3)cc12. The Morgan fingerprint density at radius 3 is 2.68 bits per heavy atom. The van der Waals surface area contributed by atoms with Gasteiger partial charge in [-0.15, -0.1) is 0 Å². The van der Waals surface area contributed by atoms with Crippen LogP contribution in [-0.4, -0.2) is 30.6 Å². The van der Waals surface area contributed by atoms with Gasteiger partial charge in [0.25, 0.3) is 5.91 Å². The summed E-state index contributed by atoms with van der Waals surface area (Å²) in [5.41, 5.74) is 3.34. The molecule has 0 radical (unpaired) electrons. The summed E-state index contributed by atoms with van der Waals surface area (Å²) < 4.78 is 1.79. The van der Waals surface area contributed by atoms with Crippen LogP contribution < -0.4 is 5.32 Å². The maximum absolute atomic E-state index is 12.2. The van der Waals surface area contributed by atoms with E-state index < -0.39 is 0 Å². The number of hydrogen-bond acceptors (Lipinski definition) is 5. The van der Waals surface area contributed by atoms with Crippen LogP contribution in [0, 0.1) is 6.92 Å². The number of para-hydroxylation sites is 1. The Hall–Kier alpha value is -3.61. The molecule has 0 aliphatic heterocycles. The molecule has 0 atom stereocenters. The molecule has 1 N–H and O–H groups in total. The highest BCUT2D eigenvalue weighted by Crippen LogP contribution is 2.23. The molecule has 0 saturated carbocycles.